The number of hydrogen-bond acceptors (Lipinski definition) is 2. The molecule has 10 heavy (non-hydrogen) atoms. The van der Waals surface area contributed by atoms with Crippen LogP contribution in [0.5, 0.6) is 0 Å². The SMILES string of the molecule is C[S-].C[S-].[Au].[Au].[CH3-].[CH3-].[CH3-].[CH3-]. The summed E-state index contributed by atoms with van der Waals surface area (Å²) in [7, 11) is 0. The van der Waals surface area contributed by atoms with E-state index in [9.17, 15) is 0 Å². The summed E-state index contributed by atoms with van der Waals surface area (Å²) in [6.07, 6.45) is 3.17. The van der Waals surface area contributed by atoms with Crippen molar-refractivity contribution in [3.05, 3.63) is 29.7 Å². The molecule has 0 fully saturated rings. The fourth-order valence-corrected chi connectivity index (χ4v) is 0. The van der Waals surface area contributed by atoms with Gasteiger partial charge in [-0.2, -0.15) is 12.5 Å². The van der Waals surface area contributed by atoms with Crippen LogP contribution < -0.4 is 0 Å². The van der Waals surface area contributed by atoms with Crippen molar-refractivity contribution in [2.24, 2.45) is 0 Å². The second kappa shape index (κ2) is 244. The van der Waals surface area contributed by atoms with Crippen LogP contribution in [-0.2, 0) is 70.0 Å². The molecule has 0 saturated heterocycles. The zero-order valence-corrected chi connectivity index (χ0v) is 13.4. The number of rotatable bonds is 0. The van der Waals surface area contributed by atoms with Crippen molar-refractivity contribution in [3.8, 4) is 0 Å². The van der Waals surface area contributed by atoms with Gasteiger partial charge in [-0.05, 0) is 0 Å². The Bertz CT molecular complexity index is 13.7. The van der Waals surface area contributed by atoms with Gasteiger partial charge < -0.3 is 55.0 Å². The van der Waals surface area contributed by atoms with Crippen LogP contribution in [0.3, 0.4) is 0 Å². The van der Waals surface area contributed by atoms with Crippen LogP contribution in [0.25, 0.3) is 0 Å². The Morgan fingerprint density at radius 3 is 0.500 bits per heavy atom. The summed E-state index contributed by atoms with van der Waals surface area (Å²) in [5, 5.41) is 0. The Balaban J connectivity index is -0.000000000833. The summed E-state index contributed by atoms with van der Waals surface area (Å²) in [4.78, 5) is 0. The Kier molecular flexibility index (Phi) is 2120. The molecule has 0 aliphatic carbocycles. The molecule has 0 unspecified atom stereocenters. The Morgan fingerprint density at radius 1 is 0.500 bits per heavy atom. The van der Waals surface area contributed by atoms with Crippen LogP contribution in [0, 0.1) is 29.7 Å². The molecule has 0 aromatic carbocycles. The summed E-state index contributed by atoms with van der Waals surface area (Å²) in [6, 6.07) is 0. The normalized spacial score (nSPS) is 1.20. The first kappa shape index (κ1) is 87.1. The molecule has 0 aliphatic heterocycles. The van der Waals surface area contributed by atoms with Crippen molar-refractivity contribution in [2.45, 2.75) is 0 Å². The molecular formula is C6H18Au2S2-6. The molecule has 82 valence electrons. The minimum absolute atomic E-state index is 0. The standard InChI is InChI=1S/2CH4S.4CH3.2Au/c2*1-2;;;;;;/h2*2H,1H3;4*1H3;;/q;;4*-1;;/p-2. The minimum Gasteiger partial charge on any atom is -0.796 e. The van der Waals surface area contributed by atoms with E-state index in [1.165, 1.54) is 0 Å². The van der Waals surface area contributed by atoms with E-state index < -0.39 is 0 Å². The van der Waals surface area contributed by atoms with E-state index >= 15 is 0 Å². The molecule has 2 radical (unpaired) electrons. The van der Waals surface area contributed by atoms with Gasteiger partial charge in [0.2, 0.25) is 0 Å². The molecule has 0 rings (SSSR count). The largest absolute Gasteiger partial charge is 0.796 e. The fourth-order valence-electron chi connectivity index (χ4n) is 0. The van der Waals surface area contributed by atoms with Crippen molar-refractivity contribution in [1.82, 2.24) is 0 Å². The maximum Gasteiger partial charge on any atom is 0 e. The smallest absolute Gasteiger partial charge is 0 e. The average molecular weight is 548 g/mol. The second-order valence-electron chi connectivity index (χ2n) is 0. The zero-order valence-electron chi connectivity index (χ0n) is 7.42. The third-order valence-electron chi connectivity index (χ3n) is 0. The van der Waals surface area contributed by atoms with Crippen LogP contribution >= 0.6 is 0 Å². The van der Waals surface area contributed by atoms with E-state index in [1.54, 1.807) is 12.5 Å². The first-order chi connectivity index (χ1) is 2.00. The van der Waals surface area contributed by atoms with Gasteiger partial charge in [0, 0.05) is 44.8 Å². The summed E-state index contributed by atoms with van der Waals surface area (Å²) >= 11 is 8.17. The molecule has 0 atom stereocenters. The molecule has 0 aliphatic rings. The summed E-state index contributed by atoms with van der Waals surface area (Å²) in [6.45, 7) is 0. The second-order valence-corrected chi connectivity index (χ2v) is 0. The maximum absolute atomic E-state index is 4.08. The summed E-state index contributed by atoms with van der Waals surface area (Å²) < 4.78 is 0. The van der Waals surface area contributed by atoms with Gasteiger partial charge in [0.25, 0.3) is 0 Å². The third-order valence-corrected chi connectivity index (χ3v) is 0. The van der Waals surface area contributed by atoms with Crippen LogP contribution in [0.4, 0.5) is 0 Å². The monoisotopic (exact) mass is 548 g/mol. The third kappa shape index (κ3) is 180. The molecule has 0 heterocycles. The molecule has 0 N–H and O–H groups in total. The van der Waals surface area contributed by atoms with Crippen LogP contribution in [0.2, 0.25) is 0 Å². The van der Waals surface area contributed by atoms with Crippen molar-refractivity contribution in [3.63, 3.8) is 0 Å². The molecule has 0 spiro atoms. The molecule has 0 saturated carbocycles. The van der Waals surface area contributed by atoms with E-state index in [4.69, 9.17) is 0 Å². The van der Waals surface area contributed by atoms with Gasteiger partial charge in [0.15, 0.2) is 0 Å². The van der Waals surface area contributed by atoms with Crippen LogP contribution in [0.1, 0.15) is 0 Å². The molecule has 0 amide bonds. The molecule has 0 nitrogen and oxygen atoms in total. The van der Waals surface area contributed by atoms with Gasteiger partial charge in [0.05, 0.1) is 0 Å². The van der Waals surface area contributed by atoms with Crippen molar-refractivity contribution >= 4 is 25.3 Å². The van der Waals surface area contributed by atoms with Gasteiger partial charge >= 0.3 is 0 Å². The molecule has 4 heteroatoms. The quantitative estimate of drug-likeness (QED) is 0.259. The van der Waals surface area contributed by atoms with E-state index in [0.29, 0.717) is 0 Å². The van der Waals surface area contributed by atoms with E-state index in [1.807, 2.05) is 0 Å². The molecule has 0 bridgehead atoms. The summed E-state index contributed by atoms with van der Waals surface area (Å²) in [5.74, 6) is 0. The first-order valence-electron chi connectivity index (χ1n) is 0.816. The van der Waals surface area contributed by atoms with Gasteiger partial charge in [-0.3, -0.25) is 0 Å². The van der Waals surface area contributed by atoms with Gasteiger partial charge in [0.1, 0.15) is 0 Å². The van der Waals surface area contributed by atoms with Gasteiger partial charge in [-0.15, -0.1) is 0 Å². The van der Waals surface area contributed by atoms with E-state index in [2.05, 4.69) is 25.3 Å². The van der Waals surface area contributed by atoms with Crippen molar-refractivity contribution < 1.29 is 44.8 Å². The molecule has 0 aromatic heterocycles. The summed E-state index contributed by atoms with van der Waals surface area (Å²) in [5.41, 5.74) is 0. The number of hydrogen-bond donors (Lipinski definition) is 0. The van der Waals surface area contributed by atoms with Crippen LogP contribution in [-0.4, -0.2) is 12.5 Å². The zero-order chi connectivity index (χ0) is 4.00. The topological polar surface area (TPSA) is 0 Å². The average Bonchev–Trinajstić information content (AvgIpc) is 1.50. The maximum atomic E-state index is 4.08. The Hall–Kier alpha value is 2.18. The fraction of sp³-hybridized carbons (Fsp3) is 0.333. The van der Waals surface area contributed by atoms with Gasteiger partial charge in [-0.1, -0.05) is 0 Å². The van der Waals surface area contributed by atoms with E-state index in [0.717, 1.165) is 0 Å². The predicted molar refractivity (Wildman–Crippen MR) is 52.2 cm³/mol. The Morgan fingerprint density at radius 2 is 0.500 bits per heavy atom. The van der Waals surface area contributed by atoms with Crippen molar-refractivity contribution in [1.29, 1.82) is 0 Å². The minimum atomic E-state index is 0. The molecule has 0 aromatic rings. The van der Waals surface area contributed by atoms with Gasteiger partial charge in [-0.25, -0.2) is 0 Å². The predicted octanol–water partition coefficient (Wildman–Crippen LogP) is 2.12. The molecular weight excluding hydrogens is 530 g/mol. The van der Waals surface area contributed by atoms with E-state index in [-0.39, 0.29) is 74.5 Å². The van der Waals surface area contributed by atoms with Crippen LogP contribution in [0.15, 0.2) is 0 Å². The first-order valence-corrected chi connectivity index (χ1v) is 2.45. The Labute approximate surface area is 111 Å². The van der Waals surface area contributed by atoms with Crippen molar-refractivity contribution in [2.75, 3.05) is 12.5 Å².